The van der Waals surface area contributed by atoms with Crippen molar-refractivity contribution in [3.63, 3.8) is 0 Å². The Kier molecular flexibility index (Phi) is 15.4. The number of carboxylic acids is 3. The van der Waals surface area contributed by atoms with E-state index in [-0.39, 0.29) is 11.8 Å². The Hall–Kier alpha value is -5.80. The van der Waals surface area contributed by atoms with Crippen molar-refractivity contribution in [1.29, 1.82) is 0 Å². The summed E-state index contributed by atoms with van der Waals surface area (Å²) in [6.45, 7) is 6.03. The molecule has 1 saturated heterocycles. The zero-order valence-corrected chi connectivity index (χ0v) is 27.7. The number of piperidine rings is 1. The maximum atomic E-state index is 13.6. The first kappa shape index (κ1) is 44.4. The van der Waals surface area contributed by atoms with Gasteiger partial charge in [-0.1, -0.05) is 6.07 Å². The molecule has 0 radical (unpaired) electrons. The molecule has 0 atom stereocenters. The van der Waals surface area contributed by atoms with E-state index in [4.69, 9.17) is 44.4 Å². The number of rotatable bonds is 5. The van der Waals surface area contributed by atoms with E-state index in [1.807, 2.05) is 37.5 Å². The van der Waals surface area contributed by atoms with E-state index >= 15 is 0 Å². The fourth-order valence-electron chi connectivity index (χ4n) is 4.20. The minimum absolute atomic E-state index is 0.274. The summed E-state index contributed by atoms with van der Waals surface area (Å²) in [6.07, 6.45) is -9.67. The number of imidazole rings is 1. The molecule has 12 nitrogen and oxygen atoms in total. The van der Waals surface area contributed by atoms with E-state index in [1.165, 1.54) is 17.7 Å². The van der Waals surface area contributed by atoms with Gasteiger partial charge in [-0.25, -0.2) is 28.7 Å². The van der Waals surface area contributed by atoms with Crippen LogP contribution >= 0.6 is 0 Å². The molecular weight excluding hydrogens is 756 g/mol. The average molecular weight is 786 g/mol. The lowest BCUT2D eigenvalue weighted by Gasteiger charge is -2.25. The highest BCUT2D eigenvalue weighted by atomic mass is 19.4. The maximum absolute atomic E-state index is 13.6. The quantitative estimate of drug-likeness (QED) is 0.149. The lowest BCUT2D eigenvalue weighted by molar-refractivity contribution is -0.193. The fourth-order valence-corrected chi connectivity index (χ4v) is 4.20. The van der Waals surface area contributed by atoms with Crippen molar-refractivity contribution < 1.29 is 78.3 Å². The van der Waals surface area contributed by atoms with Crippen LogP contribution in [0.3, 0.4) is 0 Å². The van der Waals surface area contributed by atoms with Gasteiger partial charge in [0.2, 0.25) is 0 Å². The molecule has 0 spiro atoms. The number of nitrogens with zero attached hydrogens (tertiary/aromatic N) is 4. The number of halogens is 10. The normalized spacial score (nSPS) is 13.2. The van der Waals surface area contributed by atoms with Gasteiger partial charge in [-0.05, 0) is 93.4 Å². The van der Waals surface area contributed by atoms with E-state index in [9.17, 15) is 43.9 Å². The fraction of sp³-hybridized carbons (Fsp3) is 0.312. The lowest BCUT2D eigenvalue weighted by Crippen LogP contribution is -2.29. The zero-order chi connectivity index (χ0) is 41.0. The topological polar surface area (TPSA) is 177 Å². The molecule has 1 fully saturated rings. The molecule has 2 aromatic carbocycles. The first-order valence-electron chi connectivity index (χ1n) is 14.9. The lowest BCUT2D eigenvalue weighted by atomic mass is 10.0. The van der Waals surface area contributed by atoms with E-state index in [2.05, 4.69) is 21.8 Å². The number of ether oxygens (including phenoxy) is 1. The van der Waals surface area contributed by atoms with Gasteiger partial charge in [-0.2, -0.15) is 44.5 Å². The molecule has 294 valence electrons. The summed E-state index contributed by atoms with van der Waals surface area (Å²) in [5.41, 5.74) is 5.57. The molecule has 0 bridgehead atoms. The number of benzene rings is 2. The number of carbonyl (C=O) groups is 3. The molecule has 1 aliphatic rings. The highest BCUT2D eigenvalue weighted by Crippen LogP contribution is 2.35. The molecule has 4 aromatic rings. The predicted octanol–water partition coefficient (Wildman–Crippen LogP) is 7.38. The van der Waals surface area contributed by atoms with Crippen molar-refractivity contribution in [2.24, 2.45) is 0 Å². The van der Waals surface area contributed by atoms with Crippen molar-refractivity contribution in [2.45, 2.75) is 51.3 Å². The van der Waals surface area contributed by atoms with Gasteiger partial charge in [-0.15, -0.1) is 0 Å². The summed E-state index contributed by atoms with van der Waals surface area (Å²) in [7, 11) is 0. The molecule has 4 N–H and O–H groups in total. The number of aromatic nitrogens is 4. The van der Waals surface area contributed by atoms with Gasteiger partial charge >= 0.3 is 42.4 Å². The summed E-state index contributed by atoms with van der Waals surface area (Å²) in [5.74, 6) is -7.85. The minimum atomic E-state index is -5.08. The Labute approximate surface area is 298 Å². The first-order valence-corrected chi connectivity index (χ1v) is 14.9. The molecule has 3 heterocycles. The van der Waals surface area contributed by atoms with Gasteiger partial charge in [0.15, 0.2) is 0 Å². The van der Waals surface area contributed by atoms with Crippen LogP contribution < -0.4 is 10.1 Å². The SMILES string of the molecule is Cc1ccc(Oc2nccc(-c3c(-c4ccc(F)cc4)ncn3C3CCNCC3)n2)cc1C.O=C(O)C(F)(F)F.O=C(O)C(F)(F)F.O=C(O)C(F)(F)F. The Bertz CT molecular complexity index is 1820. The number of nitrogens with one attached hydrogen (secondary N) is 1. The van der Waals surface area contributed by atoms with E-state index in [1.54, 1.807) is 18.3 Å². The molecule has 22 heteroatoms. The van der Waals surface area contributed by atoms with Crippen LogP contribution in [0, 0.1) is 19.7 Å². The molecule has 0 unspecified atom stereocenters. The standard InChI is InChI=1S/C26H26FN5O.3C2HF3O2/c1-17-3-8-22(15-18(17)2)33-26-29-14-11-23(31-26)25-24(19-4-6-20(27)7-5-19)30-16-32(25)21-9-12-28-13-10-21;3*3-2(4,5)1(6)7/h3-8,11,14-16,21,28H,9-10,12-13H2,1-2H3;3*(H,6,7). The molecule has 2 aromatic heterocycles. The summed E-state index contributed by atoms with van der Waals surface area (Å²) >= 11 is 0. The Morgan fingerprint density at radius 3 is 1.72 bits per heavy atom. The van der Waals surface area contributed by atoms with Crippen LogP contribution in [0.4, 0.5) is 43.9 Å². The molecule has 5 rings (SSSR count). The minimum Gasteiger partial charge on any atom is -0.475 e. The van der Waals surface area contributed by atoms with Crippen molar-refractivity contribution >= 4 is 17.9 Å². The Morgan fingerprint density at radius 1 is 0.759 bits per heavy atom. The summed E-state index contributed by atoms with van der Waals surface area (Å²) in [4.78, 5) is 40.5. The van der Waals surface area contributed by atoms with Gasteiger partial charge in [0.1, 0.15) is 11.6 Å². The maximum Gasteiger partial charge on any atom is 0.490 e. The van der Waals surface area contributed by atoms with Gasteiger partial charge in [0, 0.05) is 17.8 Å². The molecular formula is C32H29F10N5O7. The smallest absolute Gasteiger partial charge is 0.475 e. The second-order valence-electron chi connectivity index (χ2n) is 10.8. The number of aryl methyl sites for hydroxylation is 2. The molecule has 54 heavy (non-hydrogen) atoms. The monoisotopic (exact) mass is 785 g/mol. The summed E-state index contributed by atoms with van der Waals surface area (Å²) in [5, 5.41) is 24.8. The van der Waals surface area contributed by atoms with Gasteiger partial charge < -0.3 is 29.9 Å². The van der Waals surface area contributed by atoms with Gasteiger partial charge in [-0.3, -0.25) is 0 Å². The second kappa shape index (κ2) is 18.8. The number of hydrogen-bond donors (Lipinski definition) is 4. The van der Waals surface area contributed by atoms with Crippen LogP contribution in [0.2, 0.25) is 0 Å². The highest BCUT2D eigenvalue weighted by molar-refractivity contribution is 5.77. The van der Waals surface area contributed by atoms with E-state index in [0.29, 0.717) is 11.8 Å². The van der Waals surface area contributed by atoms with Crippen LogP contribution in [0.25, 0.3) is 22.6 Å². The number of carboxylic acid groups (broad SMARTS) is 3. The molecule has 0 aliphatic carbocycles. The van der Waals surface area contributed by atoms with Crippen LogP contribution in [0.5, 0.6) is 11.8 Å². The molecule has 0 amide bonds. The van der Waals surface area contributed by atoms with Crippen molar-refractivity contribution in [1.82, 2.24) is 24.8 Å². The zero-order valence-electron chi connectivity index (χ0n) is 27.7. The van der Waals surface area contributed by atoms with Crippen LogP contribution in [-0.2, 0) is 14.4 Å². The van der Waals surface area contributed by atoms with Crippen LogP contribution in [0.15, 0.2) is 61.1 Å². The Morgan fingerprint density at radius 2 is 1.26 bits per heavy atom. The summed E-state index contributed by atoms with van der Waals surface area (Å²) in [6, 6.07) is 14.8. The number of hydrogen-bond acceptors (Lipinski definition) is 8. The Balaban J connectivity index is 0.000000393. The first-order chi connectivity index (χ1) is 24.9. The van der Waals surface area contributed by atoms with Crippen molar-refractivity contribution in [3.05, 3.63) is 78.0 Å². The van der Waals surface area contributed by atoms with Crippen LogP contribution in [-0.4, -0.2) is 84.4 Å². The second-order valence-corrected chi connectivity index (χ2v) is 10.8. The number of aliphatic carboxylic acids is 3. The third-order valence-electron chi connectivity index (χ3n) is 6.90. The van der Waals surface area contributed by atoms with Crippen molar-refractivity contribution in [2.75, 3.05) is 13.1 Å². The van der Waals surface area contributed by atoms with E-state index < -0.39 is 36.4 Å². The molecule has 0 saturated carbocycles. The predicted molar refractivity (Wildman–Crippen MR) is 167 cm³/mol. The third-order valence-corrected chi connectivity index (χ3v) is 6.90. The van der Waals surface area contributed by atoms with E-state index in [0.717, 1.165) is 54.1 Å². The van der Waals surface area contributed by atoms with Gasteiger partial charge in [0.25, 0.3) is 0 Å². The highest BCUT2D eigenvalue weighted by Gasteiger charge is 2.39. The average Bonchev–Trinajstić information content (AvgIpc) is 3.52. The molecule has 1 aliphatic heterocycles. The largest absolute Gasteiger partial charge is 0.490 e. The van der Waals surface area contributed by atoms with Crippen LogP contribution in [0.1, 0.15) is 30.0 Å². The summed E-state index contributed by atoms with van der Waals surface area (Å²) < 4.78 is 117. The third kappa shape index (κ3) is 14.0. The van der Waals surface area contributed by atoms with Crippen molar-refractivity contribution in [3.8, 4) is 34.4 Å². The number of alkyl halides is 9. The van der Waals surface area contributed by atoms with Gasteiger partial charge in [0.05, 0.1) is 23.4 Å².